The van der Waals surface area contributed by atoms with Crippen LogP contribution in [0.1, 0.15) is 43.7 Å². The number of rotatable bonds is 6. The van der Waals surface area contributed by atoms with Crippen molar-refractivity contribution >= 4 is 5.69 Å². The number of benzene rings is 1. The first kappa shape index (κ1) is 12.4. The van der Waals surface area contributed by atoms with E-state index in [0.29, 0.717) is 5.41 Å². The average Bonchev–Trinajstić information content (AvgIpc) is 3.04. The first-order valence-electron chi connectivity index (χ1n) is 6.71. The molecule has 0 spiro atoms. The van der Waals surface area contributed by atoms with Gasteiger partial charge in [0.25, 0.3) is 0 Å². The van der Waals surface area contributed by atoms with Crippen LogP contribution in [0.3, 0.4) is 0 Å². The first-order valence-corrected chi connectivity index (χ1v) is 6.71. The standard InChI is InChI=1S/C15H24N2/c1-3-6-15(7-8-15)11-17-10-13-9-12(2)4-5-14(13)16/h4-5,9,17H,3,6-8,10-11,16H2,1-2H3. The van der Waals surface area contributed by atoms with Crippen LogP contribution in [0, 0.1) is 12.3 Å². The van der Waals surface area contributed by atoms with Crippen LogP contribution in [0.4, 0.5) is 5.69 Å². The highest BCUT2D eigenvalue weighted by Crippen LogP contribution is 2.48. The molecule has 2 heteroatoms. The molecule has 1 saturated carbocycles. The Morgan fingerprint density at radius 1 is 1.35 bits per heavy atom. The summed E-state index contributed by atoms with van der Waals surface area (Å²) in [6, 6.07) is 6.26. The molecule has 2 nitrogen and oxygen atoms in total. The van der Waals surface area contributed by atoms with Gasteiger partial charge >= 0.3 is 0 Å². The Bertz CT molecular complexity index is 381. The largest absolute Gasteiger partial charge is 0.398 e. The highest BCUT2D eigenvalue weighted by molar-refractivity contribution is 5.48. The molecule has 94 valence electrons. The van der Waals surface area contributed by atoms with Crippen LogP contribution in [0.5, 0.6) is 0 Å². The van der Waals surface area contributed by atoms with Crippen LogP contribution in [0.15, 0.2) is 18.2 Å². The Labute approximate surface area is 105 Å². The van der Waals surface area contributed by atoms with E-state index in [2.05, 4.69) is 31.3 Å². The summed E-state index contributed by atoms with van der Waals surface area (Å²) in [6.07, 6.45) is 5.46. The van der Waals surface area contributed by atoms with Gasteiger partial charge < -0.3 is 11.1 Å². The fourth-order valence-corrected chi connectivity index (χ4v) is 2.57. The second kappa shape index (κ2) is 5.09. The Balaban J connectivity index is 1.84. The van der Waals surface area contributed by atoms with E-state index >= 15 is 0 Å². The van der Waals surface area contributed by atoms with Crippen molar-refractivity contribution in [2.24, 2.45) is 5.41 Å². The molecule has 2 rings (SSSR count). The van der Waals surface area contributed by atoms with Crippen molar-refractivity contribution < 1.29 is 0 Å². The topological polar surface area (TPSA) is 38.0 Å². The molecule has 1 fully saturated rings. The van der Waals surface area contributed by atoms with Gasteiger partial charge in [0.05, 0.1) is 0 Å². The second-order valence-corrected chi connectivity index (χ2v) is 5.56. The van der Waals surface area contributed by atoms with Gasteiger partial charge in [0, 0.05) is 18.8 Å². The lowest BCUT2D eigenvalue weighted by Crippen LogP contribution is -2.24. The van der Waals surface area contributed by atoms with E-state index < -0.39 is 0 Å². The van der Waals surface area contributed by atoms with E-state index in [-0.39, 0.29) is 0 Å². The molecule has 0 bridgehead atoms. The smallest absolute Gasteiger partial charge is 0.0359 e. The molecule has 3 N–H and O–H groups in total. The summed E-state index contributed by atoms with van der Waals surface area (Å²) in [4.78, 5) is 0. The average molecular weight is 232 g/mol. The SMILES string of the molecule is CCCC1(CNCc2cc(C)ccc2N)CC1. The lowest BCUT2D eigenvalue weighted by Gasteiger charge is -2.15. The molecule has 0 unspecified atom stereocenters. The van der Waals surface area contributed by atoms with Crippen LogP contribution in [0.25, 0.3) is 0 Å². The van der Waals surface area contributed by atoms with Crippen LogP contribution >= 0.6 is 0 Å². The maximum atomic E-state index is 5.97. The van der Waals surface area contributed by atoms with Gasteiger partial charge in [-0.05, 0) is 43.2 Å². The maximum absolute atomic E-state index is 5.97. The molecule has 1 aliphatic rings. The number of anilines is 1. The minimum absolute atomic E-state index is 0.618. The summed E-state index contributed by atoms with van der Waals surface area (Å²) >= 11 is 0. The molecule has 1 aromatic carbocycles. The third-order valence-electron chi connectivity index (χ3n) is 3.85. The number of hydrogen-bond acceptors (Lipinski definition) is 2. The van der Waals surface area contributed by atoms with Gasteiger partial charge in [0.15, 0.2) is 0 Å². The number of nitrogen functional groups attached to an aromatic ring is 1. The molecule has 0 heterocycles. The van der Waals surface area contributed by atoms with Gasteiger partial charge in [0.2, 0.25) is 0 Å². The quantitative estimate of drug-likeness (QED) is 0.739. The summed E-state index contributed by atoms with van der Waals surface area (Å²) in [5.74, 6) is 0. The fraction of sp³-hybridized carbons (Fsp3) is 0.600. The van der Waals surface area contributed by atoms with E-state index in [1.54, 1.807) is 0 Å². The van der Waals surface area contributed by atoms with Crippen LogP contribution < -0.4 is 11.1 Å². The van der Waals surface area contributed by atoms with Gasteiger partial charge in [-0.3, -0.25) is 0 Å². The molecule has 1 aromatic rings. The molecule has 0 aliphatic heterocycles. The summed E-state index contributed by atoms with van der Waals surface area (Å²) in [5, 5.41) is 3.58. The van der Waals surface area contributed by atoms with E-state index in [4.69, 9.17) is 5.73 Å². The second-order valence-electron chi connectivity index (χ2n) is 5.56. The van der Waals surface area contributed by atoms with Crippen molar-refractivity contribution in [3.8, 4) is 0 Å². The summed E-state index contributed by atoms with van der Waals surface area (Å²) in [6.45, 7) is 6.44. The zero-order valence-corrected chi connectivity index (χ0v) is 11.1. The zero-order chi connectivity index (χ0) is 12.3. The van der Waals surface area contributed by atoms with Gasteiger partial charge in [-0.25, -0.2) is 0 Å². The third kappa shape index (κ3) is 3.22. The van der Waals surface area contributed by atoms with Crippen LogP contribution in [0.2, 0.25) is 0 Å². The van der Waals surface area contributed by atoms with Crippen molar-refractivity contribution in [2.45, 2.75) is 46.1 Å². The van der Waals surface area contributed by atoms with E-state index in [1.807, 2.05) is 6.07 Å². The lowest BCUT2D eigenvalue weighted by atomic mass is 10.0. The van der Waals surface area contributed by atoms with Gasteiger partial charge in [0.1, 0.15) is 0 Å². The maximum Gasteiger partial charge on any atom is 0.0359 e. The van der Waals surface area contributed by atoms with E-state index in [0.717, 1.165) is 18.8 Å². The normalized spacial score (nSPS) is 17.1. The van der Waals surface area contributed by atoms with E-state index in [1.165, 1.54) is 36.8 Å². The van der Waals surface area contributed by atoms with E-state index in [9.17, 15) is 0 Å². The van der Waals surface area contributed by atoms with Gasteiger partial charge in [-0.2, -0.15) is 0 Å². The number of nitrogens with two attached hydrogens (primary N) is 1. The molecule has 17 heavy (non-hydrogen) atoms. The minimum atomic E-state index is 0.618. The Kier molecular flexibility index (Phi) is 3.72. The van der Waals surface area contributed by atoms with Crippen molar-refractivity contribution in [3.05, 3.63) is 29.3 Å². The molecule has 0 radical (unpaired) electrons. The monoisotopic (exact) mass is 232 g/mol. The molecule has 0 atom stereocenters. The molecular formula is C15H24N2. The summed E-state index contributed by atoms with van der Waals surface area (Å²) in [5.41, 5.74) is 10.0. The summed E-state index contributed by atoms with van der Waals surface area (Å²) < 4.78 is 0. The van der Waals surface area contributed by atoms with Crippen molar-refractivity contribution in [1.82, 2.24) is 5.32 Å². The van der Waals surface area contributed by atoms with Crippen molar-refractivity contribution in [3.63, 3.8) is 0 Å². The Morgan fingerprint density at radius 2 is 2.12 bits per heavy atom. The zero-order valence-electron chi connectivity index (χ0n) is 11.1. The van der Waals surface area contributed by atoms with Crippen molar-refractivity contribution in [2.75, 3.05) is 12.3 Å². The fourth-order valence-electron chi connectivity index (χ4n) is 2.57. The highest BCUT2D eigenvalue weighted by atomic mass is 14.9. The lowest BCUT2D eigenvalue weighted by molar-refractivity contribution is 0.421. The minimum Gasteiger partial charge on any atom is -0.398 e. The van der Waals surface area contributed by atoms with Gasteiger partial charge in [-0.15, -0.1) is 0 Å². The van der Waals surface area contributed by atoms with Crippen molar-refractivity contribution in [1.29, 1.82) is 0 Å². The highest BCUT2D eigenvalue weighted by Gasteiger charge is 2.40. The van der Waals surface area contributed by atoms with Crippen LogP contribution in [-0.2, 0) is 6.54 Å². The van der Waals surface area contributed by atoms with Gasteiger partial charge in [-0.1, -0.05) is 31.0 Å². The predicted molar refractivity (Wildman–Crippen MR) is 73.9 cm³/mol. The molecule has 0 aromatic heterocycles. The number of nitrogens with one attached hydrogen (secondary N) is 1. The molecule has 1 aliphatic carbocycles. The summed E-state index contributed by atoms with van der Waals surface area (Å²) in [7, 11) is 0. The van der Waals surface area contributed by atoms with Crippen LogP contribution in [-0.4, -0.2) is 6.54 Å². The third-order valence-corrected chi connectivity index (χ3v) is 3.85. The Hall–Kier alpha value is -1.02. The number of aryl methyl sites for hydroxylation is 1. The number of hydrogen-bond donors (Lipinski definition) is 2. The molecule has 0 amide bonds. The predicted octanol–water partition coefficient (Wildman–Crippen LogP) is 3.25. The Morgan fingerprint density at radius 3 is 2.76 bits per heavy atom. The first-order chi connectivity index (χ1) is 8.15. The molecular weight excluding hydrogens is 208 g/mol. The molecule has 0 saturated heterocycles.